The van der Waals surface area contributed by atoms with E-state index >= 15 is 0 Å². The average molecular weight is 494 g/mol. The van der Waals surface area contributed by atoms with E-state index in [1.165, 1.54) is 11.1 Å². The van der Waals surface area contributed by atoms with Crippen LogP contribution in [0.3, 0.4) is 0 Å². The third-order valence-electron chi connectivity index (χ3n) is 6.81. The number of aliphatic hydroxyl groups is 1. The first-order chi connectivity index (χ1) is 17.3. The average Bonchev–Trinajstić information content (AvgIpc) is 3.18. The summed E-state index contributed by atoms with van der Waals surface area (Å²) < 4.78 is 19.5. The van der Waals surface area contributed by atoms with Crippen molar-refractivity contribution in [3.8, 4) is 17.2 Å². The second-order valence-corrected chi connectivity index (χ2v) is 10.0. The van der Waals surface area contributed by atoms with Crippen LogP contribution in [-0.2, 0) is 13.1 Å². The Balaban J connectivity index is 1.29. The smallest absolute Gasteiger partial charge is 0.161 e. The Kier molecular flexibility index (Phi) is 8.54. The predicted octanol–water partition coefficient (Wildman–Crippen LogP) is 4.69. The summed E-state index contributed by atoms with van der Waals surface area (Å²) in [6.45, 7) is 10.2. The van der Waals surface area contributed by atoms with Crippen molar-refractivity contribution >= 4 is 0 Å². The molecule has 0 radical (unpaired) electrons. The van der Waals surface area contributed by atoms with Gasteiger partial charge in [-0.1, -0.05) is 23.8 Å². The summed E-state index contributed by atoms with van der Waals surface area (Å²) in [5.41, 5.74) is 3.81. The number of likely N-dealkylation sites (tertiary alicyclic amines) is 1. The maximum atomic E-state index is 11.2. The number of nitrogens with zero attached hydrogens (tertiary/aromatic N) is 3. The molecule has 1 fully saturated rings. The molecule has 194 valence electrons. The summed E-state index contributed by atoms with van der Waals surface area (Å²) in [7, 11) is 1.67. The van der Waals surface area contributed by atoms with Gasteiger partial charge in [0, 0.05) is 19.3 Å². The molecule has 0 spiro atoms. The maximum Gasteiger partial charge on any atom is 0.161 e. The Bertz CT molecular complexity index is 1150. The Morgan fingerprint density at radius 3 is 2.53 bits per heavy atom. The number of ether oxygens (including phenoxy) is 3. The number of aromatic nitrogens is 2. The Morgan fingerprint density at radius 1 is 0.944 bits per heavy atom. The molecular formula is C29H39N3O4. The quantitative estimate of drug-likeness (QED) is 0.442. The van der Waals surface area contributed by atoms with Crippen molar-refractivity contribution in [3.05, 3.63) is 71.0 Å². The van der Waals surface area contributed by atoms with Gasteiger partial charge < -0.3 is 19.3 Å². The van der Waals surface area contributed by atoms with Crippen LogP contribution in [0.25, 0.3) is 0 Å². The van der Waals surface area contributed by atoms with Crippen molar-refractivity contribution in [2.75, 3.05) is 33.4 Å². The van der Waals surface area contributed by atoms with Crippen molar-refractivity contribution in [2.45, 2.75) is 58.7 Å². The number of rotatable bonds is 10. The van der Waals surface area contributed by atoms with E-state index in [2.05, 4.69) is 29.1 Å². The molecule has 1 aliphatic heterocycles. The zero-order valence-corrected chi connectivity index (χ0v) is 22.0. The molecule has 2 aromatic carbocycles. The summed E-state index contributed by atoms with van der Waals surface area (Å²) in [4.78, 5) is 2.39. The molecular weight excluding hydrogens is 454 g/mol. The van der Waals surface area contributed by atoms with Gasteiger partial charge in [0.15, 0.2) is 11.5 Å². The summed E-state index contributed by atoms with van der Waals surface area (Å²) in [5.74, 6) is 2.32. The van der Waals surface area contributed by atoms with Crippen LogP contribution in [0.2, 0.25) is 0 Å². The molecule has 2 heterocycles. The molecule has 1 unspecified atom stereocenters. The Morgan fingerprint density at radius 2 is 1.78 bits per heavy atom. The molecule has 1 atom stereocenters. The Hall–Kier alpha value is -3.03. The van der Waals surface area contributed by atoms with Crippen LogP contribution in [0, 0.1) is 20.8 Å². The zero-order chi connectivity index (χ0) is 25.5. The first kappa shape index (κ1) is 26.0. The largest absolute Gasteiger partial charge is 0.493 e. The predicted molar refractivity (Wildman–Crippen MR) is 141 cm³/mol. The van der Waals surface area contributed by atoms with Crippen molar-refractivity contribution in [1.82, 2.24) is 14.7 Å². The molecule has 3 aromatic rings. The number of methoxy groups -OCH3 is 1. The van der Waals surface area contributed by atoms with Crippen molar-refractivity contribution in [3.63, 3.8) is 0 Å². The molecule has 0 bridgehead atoms. The van der Waals surface area contributed by atoms with Crippen LogP contribution in [0.1, 0.15) is 41.5 Å². The van der Waals surface area contributed by atoms with Gasteiger partial charge in [0.2, 0.25) is 0 Å². The van der Waals surface area contributed by atoms with Crippen molar-refractivity contribution in [1.29, 1.82) is 0 Å². The molecule has 1 N–H and O–H groups in total. The SMILES string of the molecule is COc1cc(CN2CCCC(O)(COc3ccc(C)cc3C)CC2)ccc1OCCn1cc(C)cn1. The van der Waals surface area contributed by atoms with Gasteiger partial charge in [0.05, 0.1) is 25.5 Å². The normalized spacial score (nSPS) is 18.6. The lowest BCUT2D eigenvalue weighted by atomic mass is 9.96. The number of hydrogen-bond donors (Lipinski definition) is 1. The van der Waals surface area contributed by atoms with Gasteiger partial charge in [-0.25, -0.2) is 0 Å². The number of benzene rings is 2. The molecule has 0 saturated carbocycles. The van der Waals surface area contributed by atoms with Crippen molar-refractivity contribution < 1.29 is 19.3 Å². The van der Waals surface area contributed by atoms with E-state index in [9.17, 15) is 5.11 Å². The Labute approximate surface area is 214 Å². The number of aryl methyl sites for hydroxylation is 3. The highest BCUT2D eigenvalue weighted by Gasteiger charge is 2.31. The second kappa shape index (κ2) is 11.8. The topological polar surface area (TPSA) is 69.0 Å². The third kappa shape index (κ3) is 7.02. The molecule has 0 aliphatic carbocycles. The van der Waals surface area contributed by atoms with E-state index in [-0.39, 0.29) is 0 Å². The first-order valence-corrected chi connectivity index (χ1v) is 12.8. The van der Waals surface area contributed by atoms with E-state index in [1.807, 2.05) is 55.2 Å². The molecule has 0 amide bonds. The number of hydrogen-bond acceptors (Lipinski definition) is 6. The van der Waals surface area contributed by atoms with E-state index in [0.29, 0.717) is 26.2 Å². The lowest BCUT2D eigenvalue weighted by Crippen LogP contribution is -2.37. The monoisotopic (exact) mass is 493 g/mol. The highest BCUT2D eigenvalue weighted by molar-refractivity contribution is 5.43. The molecule has 1 aliphatic rings. The highest BCUT2D eigenvalue weighted by atomic mass is 16.5. The minimum atomic E-state index is -0.811. The maximum absolute atomic E-state index is 11.2. The molecule has 7 nitrogen and oxygen atoms in total. The summed E-state index contributed by atoms with van der Waals surface area (Å²) in [5, 5.41) is 15.5. The van der Waals surface area contributed by atoms with E-state index in [4.69, 9.17) is 14.2 Å². The van der Waals surface area contributed by atoms with E-state index < -0.39 is 5.60 Å². The molecule has 1 aromatic heterocycles. The molecule has 1 saturated heterocycles. The van der Waals surface area contributed by atoms with Crippen molar-refractivity contribution in [2.24, 2.45) is 0 Å². The van der Waals surface area contributed by atoms with E-state index in [1.54, 1.807) is 7.11 Å². The minimum Gasteiger partial charge on any atom is -0.493 e. The van der Waals surface area contributed by atoms with Gasteiger partial charge in [0.1, 0.15) is 19.0 Å². The van der Waals surface area contributed by atoms with E-state index in [0.717, 1.165) is 60.9 Å². The van der Waals surface area contributed by atoms with Crippen LogP contribution in [-0.4, -0.2) is 58.8 Å². The lowest BCUT2D eigenvalue weighted by molar-refractivity contribution is -0.0170. The van der Waals surface area contributed by atoms with Crippen LogP contribution >= 0.6 is 0 Å². The lowest BCUT2D eigenvalue weighted by Gasteiger charge is -2.27. The summed E-state index contributed by atoms with van der Waals surface area (Å²) >= 11 is 0. The van der Waals surface area contributed by atoms with Crippen LogP contribution in [0.15, 0.2) is 48.8 Å². The molecule has 4 rings (SSSR count). The van der Waals surface area contributed by atoms with Gasteiger partial charge in [-0.3, -0.25) is 9.58 Å². The van der Waals surface area contributed by atoms with Gasteiger partial charge in [0.25, 0.3) is 0 Å². The van der Waals surface area contributed by atoms with Crippen LogP contribution < -0.4 is 14.2 Å². The summed E-state index contributed by atoms with van der Waals surface area (Å²) in [6, 6.07) is 12.3. The third-order valence-corrected chi connectivity index (χ3v) is 6.81. The molecule has 36 heavy (non-hydrogen) atoms. The van der Waals surface area contributed by atoms with Gasteiger partial charge >= 0.3 is 0 Å². The zero-order valence-electron chi connectivity index (χ0n) is 22.0. The second-order valence-electron chi connectivity index (χ2n) is 10.0. The fourth-order valence-electron chi connectivity index (χ4n) is 4.74. The van der Waals surface area contributed by atoms with Crippen LogP contribution in [0.4, 0.5) is 0 Å². The van der Waals surface area contributed by atoms with Gasteiger partial charge in [-0.15, -0.1) is 0 Å². The fourth-order valence-corrected chi connectivity index (χ4v) is 4.74. The molecule has 7 heteroatoms. The van der Waals surface area contributed by atoms with Gasteiger partial charge in [-0.05, 0) is 81.5 Å². The fraction of sp³-hybridized carbons (Fsp3) is 0.483. The first-order valence-electron chi connectivity index (χ1n) is 12.8. The minimum absolute atomic E-state index is 0.322. The van der Waals surface area contributed by atoms with Gasteiger partial charge in [-0.2, -0.15) is 5.10 Å². The standard InChI is InChI=1S/C29H39N3O4/c1-22-6-8-26(24(3)16-22)36-21-29(33)10-5-12-31(13-11-29)20-25-7-9-27(28(17-25)34-4)35-15-14-32-19-23(2)18-30-32/h6-9,16-19,33H,5,10-15,20-21H2,1-4H3. The highest BCUT2D eigenvalue weighted by Crippen LogP contribution is 2.30. The summed E-state index contributed by atoms with van der Waals surface area (Å²) in [6.07, 6.45) is 6.19. The van der Waals surface area contributed by atoms with Crippen LogP contribution in [0.5, 0.6) is 17.2 Å².